The van der Waals surface area contributed by atoms with E-state index in [0.29, 0.717) is 6.42 Å². The Labute approximate surface area is 108 Å². The van der Waals surface area contributed by atoms with Crippen LogP contribution >= 0.6 is 0 Å². The van der Waals surface area contributed by atoms with Gasteiger partial charge in [-0.25, -0.2) is 0 Å². The molecule has 1 aliphatic rings. The first-order valence-electron chi connectivity index (χ1n) is 4.05. The fourth-order valence-electron chi connectivity index (χ4n) is 0.924. The molecule has 1 saturated heterocycles. The van der Waals surface area contributed by atoms with Crippen LogP contribution in [0.15, 0.2) is 0 Å². The molecular weight excluding hydrogens is 244 g/mol. The molecule has 0 spiro atoms. The van der Waals surface area contributed by atoms with Crippen molar-refractivity contribution < 1.29 is 26.5 Å². The van der Waals surface area contributed by atoms with Crippen LogP contribution in [0.4, 0.5) is 0 Å². The number of halogens is 1. The molecule has 0 atom stereocenters. The van der Waals surface area contributed by atoms with Gasteiger partial charge in [-0.1, -0.05) is 13.8 Å². The van der Waals surface area contributed by atoms with Crippen LogP contribution in [0.3, 0.4) is 0 Å². The van der Waals surface area contributed by atoms with Gasteiger partial charge in [-0.2, -0.15) is 0 Å². The minimum Gasteiger partial charge on any atom is -1.00 e. The first-order valence-corrected chi connectivity index (χ1v) is 4.05. The van der Waals surface area contributed by atoms with E-state index in [9.17, 15) is 0 Å². The van der Waals surface area contributed by atoms with E-state index in [2.05, 4.69) is 20.8 Å². The Hall–Kier alpha value is 1.17. The van der Waals surface area contributed by atoms with E-state index < -0.39 is 5.79 Å². The van der Waals surface area contributed by atoms with Crippen LogP contribution in [0.25, 0.3) is 0 Å². The average molecular weight is 261 g/mol. The molecule has 0 unspecified atom stereocenters. The molecule has 0 aromatic carbocycles. The molecule has 1 aliphatic heterocycles. The van der Waals surface area contributed by atoms with Gasteiger partial charge in [0.05, 0.1) is 13.2 Å². The second kappa shape index (κ2) is 5.91. The Kier molecular flexibility index (Phi) is 7.54. The van der Waals surface area contributed by atoms with Crippen molar-refractivity contribution in [2.75, 3.05) is 13.2 Å². The smallest absolute Gasteiger partial charge is 1.00 e. The van der Waals surface area contributed by atoms with Gasteiger partial charge in [0, 0.05) is 5.41 Å². The van der Waals surface area contributed by atoms with E-state index in [-0.39, 0.29) is 45.4 Å². The maximum absolute atomic E-state index is 5.55. The van der Waals surface area contributed by atoms with Gasteiger partial charge in [-0.15, -0.1) is 6.42 Å². The van der Waals surface area contributed by atoms with Crippen molar-refractivity contribution in [3.05, 3.63) is 6.92 Å². The molecular formula is C9H17BrMgO2. The summed E-state index contributed by atoms with van der Waals surface area (Å²) < 4.78 is 11.1. The molecule has 1 rings (SSSR count). The summed E-state index contributed by atoms with van der Waals surface area (Å²) in [6, 6.07) is 0. The predicted octanol–water partition coefficient (Wildman–Crippen LogP) is -1.38. The third-order valence-corrected chi connectivity index (χ3v) is 1.99. The molecule has 0 saturated carbocycles. The summed E-state index contributed by atoms with van der Waals surface area (Å²) in [6.07, 6.45) is 0.670. The summed E-state index contributed by atoms with van der Waals surface area (Å²) >= 11 is 0. The first-order chi connectivity index (χ1) is 4.97. The average Bonchev–Trinajstić information content (AvgIpc) is 1.97. The Balaban J connectivity index is 0. The van der Waals surface area contributed by atoms with Crippen molar-refractivity contribution in [1.29, 1.82) is 0 Å². The van der Waals surface area contributed by atoms with Gasteiger partial charge >= 0.3 is 23.1 Å². The molecule has 0 amide bonds. The van der Waals surface area contributed by atoms with Gasteiger partial charge in [0.15, 0.2) is 0 Å². The molecule has 1 heterocycles. The van der Waals surface area contributed by atoms with E-state index in [0.717, 1.165) is 13.2 Å². The van der Waals surface area contributed by atoms with Crippen LogP contribution in [-0.4, -0.2) is 42.1 Å². The summed E-state index contributed by atoms with van der Waals surface area (Å²) in [7, 11) is 0. The van der Waals surface area contributed by atoms with Crippen molar-refractivity contribution in [2.24, 2.45) is 5.41 Å². The Bertz CT molecular complexity index is 141. The number of hydrogen-bond donors (Lipinski definition) is 0. The van der Waals surface area contributed by atoms with Gasteiger partial charge in [-0.05, 0) is 6.92 Å². The minimum absolute atomic E-state index is 0. The zero-order valence-corrected chi connectivity index (χ0v) is 11.7. The molecule has 0 N–H and O–H groups in total. The van der Waals surface area contributed by atoms with Crippen molar-refractivity contribution in [3.63, 3.8) is 0 Å². The van der Waals surface area contributed by atoms with Crippen molar-refractivity contribution in [2.45, 2.75) is 33.0 Å². The van der Waals surface area contributed by atoms with Gasteiger partial charge in [-0.3, -0.25) is 0 Å². The fraction of sp³-hybridized carbons (Fsp3) is 0.889. The van der Waals surface area contributed by atoms with E-state index in [1.807, 2.05) is 6.92 Å². The largest absolute Gasteiger partial charge is 2.00 e. The van der Waals surface area contributed by atoms with E-state index >= 15 is 0 Å². The van der Waals surface area contributed by atoms with Crippen LogP contribution < -0.4 is 17.0 Å². The Morgan fingerprint density at radius 2 is 1.54 bits per heavy atom. The van der Waals surface area contributed by atoms with Gasteiger partial charge in [0.25, 0.3) is 0 Å². The molecule has 13 heavy (non-hydrogen) atoms. The molecule has 74 valence electrons. The van der Waals surface area contributed by atoms with Gasteiger partial charge in [0.2, 0.25) is 0 Å². The molecule has 0 aromatic heterocycles. The van der Waals surface area contributed by atoms with Crippen LogP contribution in [0, 0.1) is 12.3 Å². The predicted molar refractivity (Wildman–Crippen MR) is 49.8 cm³/mol. The standard InChI is InChI=1S/C9H17O2.BrH.Mg/c1-5-9(4)10-6-8(2,3)7-11-9;;/h1,5-7H2,2-4H3;1H;/q-1;;+2/p-1. The molecule has 4 heteroatoms. The van der Waals surface area contributed by atoms with Crippen LogP contribution in [0.5, 0.6) is 0 Å². The molecule has 1 fully saturated rings. The van der Waals surface area contributed by atoms with Crippen LogP contribution in [-0.2, 0) is 9.47 Å². The molecule has 0 aromatic rings. The number of hydrogen-bond acceptors (Lipinski definition) is 2. The topological polar surface area (TPSA) is 18.5 Å². The third-order valence-electron chi connectivity index (χ3n) is 1.99. The summed E-state index contributed by atoms with van der Waals surface area (Å²) in [5, 5.41) is 0. The molecule has 0 radical (unpaired) electrons. The zero-order valence-electron chi connectivity index (χ0n) is 8.73. The SMILES string of the molecule is [Br-].[CH2-]CC1(C)OCC(C)(C)CO1.[Mg+2]. The zero-order chi connectivity index (χ0) is 8.54. The maximum atomic E-state index is 5.55. The Morgan fingerprint density at radius 1 is 1.15 bits per heavy atom. The van der Waals surface area contributed by atoms with Gasteiger partial charge in [0.1, 0.15) is 5.79 Å². The maximum Gasteiger partial charge on any atom is 2.00 e. The monoisotopic (exact) mass is 260 g/mol. The minimum atomic E-state index is -0.435. The summed E-state index contributed by atoms with van der Waals surface area (Å²) in [5.41, 5.74) is 0.161. The van der Waals surface area contributed by atoms with Crippen LogP contribution in [0.1, 0.15) is 27.2 Å². The van der Waals surface area contributed by atoms with Crippen molar-refractivity contribution in [3.8, 4) is 0 Å². The summed E-state index contributed by atoms with van der Waals surface area (Å²) in [4.78, 5) is 0. The third kappa shape index (κ3) is 4.97. The Morgan fingerprint density at radius 3 is 1.85 bits per heavy atom. The van der Waals surface area contributed by atoms with Crippen LogP contribution in [0.2, 0.25) is 0 Å². The molecule has 0 bridgehead atoms. The summed E-state index contributed by atoms with van der Waals surface area (Å²) in [5.74, 6) is -0.435. The normalized spacial score (nSPS) is 24.0. The summed E-state index contributed by atoms with van der Waals surface area (Å²) in [6.45, 7) is 11.5. The van der Waals surface area contributed by atoms with E-state index in [1.54, 1.807) is 0 Å². The second-order valence-electron chi connectivity index (χ2n) is 4.13. The molecule has 2 nitrogen and oxygen atoms in total. The number of rotatable bonds is 1. The van der Waals surface area contributed by atoms with E-state index in [4.69, 9.17) is 9.47 Å². The number of ether oxygens (including phenoxy) is 2. The van der Waals surface area contributed by atoms with Gasteiger partial charge < -0.3 is 33.4 Å². The quantitative estimate of drug-likeness (QED) is 0.428. The van der Waals surface area contributed by atoms with Crippen molar-refractivity contribution in [1.82, 2.24) is 0 Å². The first kappa shape index (κ1) is 16.6. The fourth-order valence-corrected chi connectivity index (χ4v) is 0.924. The van der Waals surface area contributed by atoms with E-state index in [1.165, 1.54) is 0 Å². The van der Waals surface area contributed by atoms with Crippen molar-refractivity contribution >= 4 is 23.1 Å². The second-order valence-corrected chi connectivity index (χ2v) is 4.13. The molecule has 0 aliphatic carbocycles.